The van der Waals surface area contributed by atoms with Crippen molar-refractivity contribution in [3.05, 3.63) is 35.3 Å². The number of rotatable bonds is 2. The maximum Gasteiger partial charge on any atom is 0.356 e. The molecule has 0 saturated heterocycles. The highest BCUT2D eigenvalue weighted by Gasteiger charge is 2.24. The van der Waals surface area contributed by atoms with E-state index in [4.69, 9.17) is 9.84 Å². The molecule has 1 aliphatic heterocycles. The molecule has 0 saturated carbocycles. The number of nitrogens with zero attached hydrogens (tertiary/aromatic N) is 2. The van der Waals surface area contributed by atoms with Gasteiger partial charge in [0.05, 0.1) is 12.3 Å². The summed E-state index contributed by atoms with van der Waals surface area (Å²) in [5.74, 6) is -0.884. The molecule has 5 nitrogen and oxygen atoms in total. The first-order chi connectivity index (χ1) is 9.08. The van der Waals surface area contributed by atoms with E-state index in [-0.39, 0.29) is 5.69 Å². The number of aryl methyl sites for hydroxylation is 1. The first-order valence-corrected chi connectivity index (χ1v) is 5.80. The van der Waals surface area contributed by atoms with E-state index in [1.807, 2.05) is 0 Å². The van der Waals surface area contributed by atoms with E-state index in [1.165, 1.54) is 16.8 Å². The number of benzene rings is 1. The fourth-order valence-corrected chi connectivity index (χ4v) is 2.33. The smallest absolute Gasteiger partial charge is 0.356 e. The second-order valence-electron chi connectivity index (χ2n) is 4.34. The van der Waals surface area contributed by atoms with Gasteiger partial charge in [0.15, 0.2) is 5.69 Å². The molecule has 19 heavy (non-hydrogen) atoms. The number of carbonyl (C=O) groups is 1. The second-order valence-corrected chi connectivity index (χ2v) is 4.34. The predicted octanol–water partition coefficient (Wildman–Crippen LogP) is 1.86. The number of hydrogen-bond acceptors (Lipinski definition) is 3. The van der Waals surface area contributed by atoms with Gasteiger partial charge in [-0.3, -0.25) is 4.68 Å². The van der Waals surface area contributed by atoms with Gasteiger partial charge in [-0.1, -0.05) is 0 Å². The minimum Gasteiger partial charge on any atom is -0.493 e. The Bertz CT molecular complexity index is 679. The lowest BCUT2D eigenvalue weighted by molar-refractivity contribution is 0.0689. The molecular formula is C13H11FN2O3. The summed E-state index contributed by atoms with van der Waals surface area (Å²) in [7, 11) is 1.59. The summed E-state index contributed by atoms with van der Waals surface area (Å²) in [4.78, 5) is 10.9. The fourth-order valence-electron chi connectivity index (χ4n) is 2.33. The van der Waals surface area contributed by atoms with E-state index < -0.39 is 11.8 Å². The molecular weight excluding hydrogens is 251 g/mol. The summed E-state index contributed by atoms with van der Waals surface area (Å²) in [5, 5.41) is 12.8. The van der Waals surface area contributed by atoms with Crippen molar-refractivity contribution in [2.24, 2.45) is 7.05 Å². The average Bonchev–Trinajstić information content (AvgIpc) is 2.96. The Morgan fingerprint density at radius 3 is 3.00 bits per heavy atom. The topological polar surface area (TPSA) is 64.4 Å². The van der Waals surface area contributed by atoms with Gasteiger partial charge in [0.1, 0.15) is 11.6 Å². The lowest BCUT2D eigenvalue weighted by Gasteiger charge is -2.08. The van der Waals surface area contributed by atoms with Crippen LogP contribution in [0.4, 0.5) is 4.39 Å². The molecule has 2 aromatic rings. The van der Waals surface area contributed by atoms with Crippen LogP contribution in [0.15, 0.2) is 18.2 Å². The summed E-state index contributed by atoms with van der Waals surface area (Å²) >= 11 is 0. The zero-order valence-corrected chi connectivity index (χ0v) is 10.2. The minimum atomic E-state index is -1.13. The van der Waals surface area contributed by atoms with Crippen LogP contribution < -0.4 is 4.74 Å². The SMILES string of the molecule is Cn1nc(C(=O)O)cc1-c1c(F)ccc2c1CCO2. The normalized spacial score (nSPS) is 13.2. The lowest BCUT2D eigenvalue weighted by Crippen LogP contribution is -2.00. The predicted molar refractivity (Wildman–Crippen MR) is 64.8 cm³/mol. The molecule has 0 spiro atoms. The summed E-state index contributed by atoms with van der Waals surface area (Å²) in [6, 6.07) is 4.29. The molecule has 0 fully saturated rings. The van der Waals surface area contributed by atoms with Crippen LogP contribution in [0, 0.1) is 5.82 Å². The van der Waals surface area contributed by atoms with Crippen LogP contribution in [-0.2, 0) is 13.5 Å². The molecule has 2 heterocycles. The molecule has 0 atom stereocenters. The van der Waals surface area contributed by atoms with Gasteiger partial charge in [0.25, 0.3) is 0 Å². The Hall–Kier alpha value is -2.37. The standard InChI is InChI=1S/C13H11FN2O3/c1-16-10(6-9(15-16)13(17)18)12-7-4-5-19-11(7)3-2-8(12)14/h2-3,6H,4-5H2,1H3,(H,17,18). The van der Waals surface area contributed by atoms with Gasteiger partial charge >= 0.3 is 5.97 Å². The number of halogens is 1. The van der Waals surface area contributed by atoms with Gasteiger partial charge in [-0.05, 0) is 18.2 Å². The number of hydrogen-bond donors (Lipinski definition) is 1. The molecule has 0 unspecified atom stereocenters. The zero-order chi connectivity index (χ0) is 13.6. The number of carboxylic acids is 1. The number of carboxylic acid groups (broad SMARTS) is 1. The van der Waals surface area contributed by atoms with Crippen LogP contribution in [0.2, 0.25) is 0 Å². The molecule has 1 aromatic carbocycles. The van der Waals surface area contributed by atoms with Crippen molar-refractivity contribution in [3.63, 3.8) is 0 Å². The monoisotopic (exact) mass is 262 g/mol. The summed E-state index contributed by atoms with van der Waals surface area (Å²) in [6.07, 6.45) is 0.607. The summed E-state index contributed by atoms with van der Waals surface area (Å²) in [5.41, 5.74) is 1.48. The number of fused-ring (bicyclic) bond motifs is 1. The molecule has 0 bridgehead atoms. The molecule has 1 N–H and O–H groups in total. The highest BCUT2D eigenvalue weighted by Crippen LogP contribution is 2.36. The van der Waals surface area contributed by atoms with Gasteiger partial charge < -0.3 is 9.84 Å². The molecule has 0 aliphatic carbocycles. The van der Waals surface area contributed by atoms with Crippen molar-refractivity contribution in [3.8, 4) is 17.0 Å². The Balaban J connectivity index is 2.22. The molecule has 0 amide bonds. The number of aromatic carboxylic acids is 1. The second kappa shape index (κ2) is 4.08. The number of ether oxygens (including phenoxy) is 1. The quantitative estimate of drug-likeness (QED) is 0.897. The largest absolute Gasteiger partial charge is 0.493 e. The maximum atomic E-state index is 14.1. The number of aromatic nitrogens is 2. The first kappa shape index (κ1) is 11.7. The average molecular weight is 262 g/mol. The van der Waals surface area contributed by atoms with E-state index in [0.717, 1.165) is 5.56 Å². The van der Waals surface area contributed by atoms with Gasteiger partial charge in [-0.2, -0.15) is 5.10 Å². The van der Waals surface area contributed by atoms with E-state index in [9.17, 15) is 9.18 Å². The maximum absolute atomic E-state index is 14.1. The Morgan fingerprint density at radius 1 is 1.53 bits per heavy atom. The van der Waals surface area contributed by atoms with Gasteiger partial charge in [-0.25, -0.2) is 9.18 Å². The van der Waals surface area contributed by atoms with Crippen molar-refractivity contribution >= 4 is 5.97 Å². The van der Waals surface area contributed by atoms with Crippen molar-refractivity contribution in [1.29, 1.82) is 0 Å². The van der Waals surface area contributed by atoms with E-state index in [1.54, 1.807) is 13.1 Å². The lowest BCUT2D eigenvalue weighted by atomic mass is 10.0. The van der Waals surface area contributed by atoms with Crippen LogP contribution >= 0.6 is 0 Å². The fraction of sp³-hybridized carbons (Fsp3) is 0.231. The van der Waals surface area contributed by atoms with Gasteiger partial charge in [0.2, 0.25) is 0 Å². The van der Waals surface area contributed by atoms with Crippen molar-refractivity contribution in [2.75, 3.05) is 6.61 Å². The third-order valence-electron chi connectivity index (χ3n) is 3.18. The van der Waals surface area contributed by atoms with Crippen LogP contribution in [0.3, 0.4) is 0 Å². The molecule has 3 rings (SSSR count). The van der Waals surface area contributed by atoms with Crippen LogP contribution in [-0.4, -0.2) is 27.5 Å². The summed E-state index contributed by atoms with van der Waals surface area (Å²) in [6.45, 7) is 0.509. The Morgan fingerprint density at radius 2 is 2.32 bits per heavy atom. The van der Waals surface area contributed by atoms with Gasteiger partial charge in [-0.15, -0.1) is 0 Å². The van der Waals surface area contributed by atoms with E-state index in [2.05, 4.69) is 5.10 Å². The Labute approximate surface area is 108 Å². The third kappa shape index (κ3) is 1.76. The minimum absolute atomic E-state index is 0.103. The molecule has 1 aromatic heterocycles. The van der Waals surface area contributed by atoms with Crippen LogP contribution in [0.1, 0.15) is 16.1 Å². The molecule has 98 valence electrons. The Kier molecular flexibility index (Phi) is 2.51. The van der Waals surface area contributed by atoms with Crippen molar-refractivity contribution in [1.82, 2.24) is 9.78 Å². The zero-order valence-electron chi connectivity index (χ0n) is 10.2. The third-order valence-corrected chi connectivity index (χ3v) is 3.18. The van der Waals surface area contributed by atoms with Crippen molar-refractivity contribution < 1.29 is 19.0 Å². The van der Waals surface area contributed by atoms with Crippen LogP contribution in [0.5, 0.6) is 5.75 Å². The van der Waals surface area contributed by atoms with Crippen LogP contribution in [0.25, 0.3) is 11.3 Å². The van der Waals surface area contributed by atoms with Crippen molar-refractivity contribution in [2.45, 2.75) is 6.42 Å². The molecule has 1 aliphatic rings. The molecule has 0 radical (unpaired) electrons. The van der Waals surface area contributed by atoms with E-state index in [0.29, 0.717) is 30.0 Å². The van der Waals surface area contributed by atoms with E-state index >= 15 is 0 Å². The van der Waals surface area contributed by atoms with Gasteiger partial charge in [0, 0.05) is 24.6 Å². The highest BCUT2D eigenvalue weighted by atomic mass is 19.1. The molecule has 6 heteroatoms. The first-order valence-electron chi connectivity index (χ1n) is 5.80. The highest BCUT2D eigenvalue weighted by molar-refractivity contribution is 5.87. The summed E-state index contributed by atoms with van der Waals surface area (Å²) < 4.78 is 20.8.